The third-order valence-corrected chi connectivity index (χ3v) is 4.20. The molecule has 2 aromatic carbocycles. The molecule has 0 saturated carbocycles. The van der Waals surface area contributed by atoms with Crippen molar-refractivity contribution in [1.82, 2.24) is 0 Å². The van der Waals surface area contributed by atoms with Crippen LogP contribution in [0.5, 0.6) is 0 Å². The summed E-state index contributed by atoms with van der Waals surface area (Å²) >= 11 is 0. The van der Waals surface area contributed by atoms with Crippen molar-refractivity contribution in [3.05, 3.63) is 64.7 Å². The van der Waals surface area contributed by atoms with Crippen LogP contribution in [0, 0.1) is 6.92 Å². The van der Waals surface area contributed by atoms with Gasteiger partial charge in [-0.15, -0.1) is 0 Å². The van der Waals surface area contributed by atoms with E-state index >= 15 is 0 Å². The molecule has 0 spiro atoms. The molecule has 0 aliphatic carbocycles. The smallest absolute Gasteiger partial charge is 0.0555 e. The highest BCUT2D eigenvalue weighted by Crippen LogP contribution is 2.35. The van der Waals surface area contributed by atoms with Crippen molar-refractivity contribution < 1.29 is 0 Å². The number of fused-ring (bicyclic) bond motifs is 1. The first kappa shape index (κ1) is 13.2. The van der Waals surface area contributed by atoms with Crippen LogP contribution >= 0.6 is 0 Å². The van der Waals surface area contributed by atoms with Crippen LogP contribution in [-0.4, -0.2) is 0 Å². The van der Waals surface area contributed by atoms with Gasteiger partial charge in [-0.05, 0) is 47.1 Å². The van der Waals surface area contributed by atoms with E-state index in [2.05, 4.69) is 75.5 Å². The minimum atomic E-state index is 0.224. The van der Waals surface area contributed by atoms with E-state index in [4.69, 9.17) is 0 Å². The highest BCUT2D eigenvalue weighted by Gasteiger charge is 2.22. The molecular weight excluding hydrogens is 242 g/mol. The van der Waals surface area contributed by atoms with E-state index in [1.165, 1.54) is 27.9 Å². The quantitative estimate of drug-likeness (QED) is 0.765. The Bertz CT molecular complexity index is 617. The lowest BCUT2D eigenvalue weighted by molar-refractivity contribution is 0.589. The summed E-state index contributed by atoms with van der Waals surface area (Å²) in [6, 6.07) is 16.2. The normalized spacial score (nSPS) is 17.7. The first-order chi connectivity index (χ1) is 9.43. The standard InChI is InChI=1S/C19H23N/c1-13-5-6-15-12-18(20-17(15)11-13)14-7-9-16(10-8-14)19(2,3)4/h5-11,18,20H,12H2,1-4H3. The maximum absolute atomic E-state index is 3.65. The number of hydrogen-bond acceptors (Lipinski definition) is 1. The fourth-order valence-corrected chi connectivity index (χ4v) is 2.88. The van der Waals surface area contributed by atoms with Crippen LogP contribution in [0.2, 0.25) is 0 Å². The fourth-order valence-electron chi connectivity index (χ4n) is 2.88. The molecule has 2 aromatic rings. The Morgan fingerprint density at radius 3 is 2.35 bits per heavy atom. The van der Waals surface area contributed by atoms with E-state index in [1.807, 2.05) is 0 Å². The first-order valence-corrected chi connectivity index (χ1v) is 7.40. The minimum Gasteiger partial charge on any atom is -0.378 e. The van der Waals surface area contributed by atoms with E-state index in [0.29, 0.717) is 6.04 Å². The maximum Gasteiger partial charge on any atom is 0.0555 e. The lowest BCUT2D eigenvalue weighted by Crippen LogP contribution is -2.12. The average molecular weight is 265 g/mol. The van der Waals surface area contributed by atoms with Gasteiger partial charge in [0.15, 0.2) is 0 Å². The molecule has 1 unspecified atom stereocenters. The van der Waals surface area contributed by atoms with Crippen LogP contribution in [0.3, 0.4) is 0 Å². The zero-order chi connectivity index (χ0) is 14.3. The molecule has 3 rings (SSSR count). The predicted molar refractivity (Wildman–Crippen MR) is 86.4 cm³/mol. The molecule has 0 saturated heterocycles. The fraction of sp³-hybridized carbons (Fsp3) is 0.368. The van der Waals surface area contributed by atoms with Gasteiger partial charge in [0.05, 0.1) is 6.04 Å². The van der Waals surface area contributed by atoms with Gasteiger partial charge in [-0.3, -0.25) is 0 Å². The molecule has 1 aliphatic heterocycles. The Hall–Kier alpha value is -1.76. The highest BCUT2D eigenvalue weighted by molar-refractivity contribution is 5.59. The lowest BCUT2D eigenvalue weighted by Gasteiger charge is -2.20. The SMILES string of the molecule is Cc1ccc2c(c1)NC(c1ccc(C(C)(C)C)cc1)C2. The van der Waals surface area contributed by atoms with E-state index in [9.17, 15) is 0 Å². The number of nitrogens with one attached hydrogen (secondary N) is 1. The number of hydrogen-bond donors (Lipinski definition) is 1. The Kier molecular flexibility index (Phi) is 3.08. The van der Waals surface area contributed by atoms with Gasteiger partial charge >= 0.3 is 0 Å². The summed E-state index contributed by atoms with van der Waals surface area (Å²) in [7, 11) is 0. The molecule has 1 aliphatic rings. The van der Waals surface area contributed by atoms with E-state index < -0.39 is 0 Å². The highest BCUT2D eigenvalue weighted by atomic mass is 14.9. The monoisotopic (exact) mass is 265 g/mol. The zero-order valence-corrected chi connectivity index (χ0v) is 12.8. The molecule has 1 heteroatoms. The molecule has 1 N–H and O–H groups in total. The summed E-state index contributed by atoms with van der Waals surface area (Å²) in [5.74, 6) is 0. The second-order valence-electron chi connectivity index (χ2n) is 6.93. The van der Waals surface area contributed by atoms with Crippen molar-refractivity contribution in [1.29, 1.82) is 0 Å². The Morgan fingerprint density at radius 2 is 1.70 bits per heavy atom. The van der Waals surface area contributed by atoms with Crippen molar-refractivity contribution in [2.75, 3.05) is 5.32 Å². The van der Waals surface area contributed by atoms with Crippen LogP contribution in [-0.2, 0) is 11.8 Å². The Morgan fingerprint density at radius 1 is 1.00 bits per heavy atom. The molecule has 0 aromatic heterocycles. The van der Waals surface area contributed by atoms with Gasteiger partial charge in [0.2, 0.25) is 0 Å². The van der Waals surface area contributed by atoms with Crippen LogP contribution < -0.4 is 5.32 Å². The van der Waals surface area contributed by atoms with Crippen LogP contribution in [0.25, 0.3) is 0 Å². The summed E-state index contributed by atoms with van der Waals surface area (Å²) in [5.41, 5.74) is 7.05. The maximum atomic E-state index is 3.65. The van der Waals surface area contributed by atoms with Crippen LogP contribution in [0.15, 0.2) is 42.5 Å². The molecule has 20 heavy (non-hydrogen) atoms. The summed E-state index contributed by atoms with van der Waals surface area (Å²) in [5, 5.41) is 3.65. The average Bonchev–Trinajstić information content (AvgIpc) is 2.80. The molecule has 0 amide bonds. The zero-order valence-electron chi connectivity index (χ0n) is 12.8. The topological polar surface area (TPSA) is 12.0 Å². The summed E-state index contributed by atoms with van der Waals surface area (Å²) in [6.45, 7) is 8.92. The summed E-state index contributed by atoms with van der Waals surface area (Å²) < 4.78 is 0. The van der Waals surface area contributed by atoms with Crippen molar-refractivity contribution in [3.8, 4) is 0 Å². The second kappa shape index (κ2) is 4.66. The van der Waals surface area contributed by atoms with Gasteiger partial charge in [-0.2, -0.15) is 0 Å². The second-order valence-corrected chi connectivity index (χ2v) is 6.93. The molecule has 0 bridgehead atoms. The molecule has 1 heterocycles. The molecular formula is C19H23N. The summed E-state index contributed by atoms with van der Waals surface area (Å²) in [6.07, 6.45) is 1.09. The molecule has 1 nitrogen and oxygen atoms in total. The van der Waals surface area contributed by atoms with Crippen molar-refractivity contribution in [2.45, 2.75) is 45.6 Å². The minimum absolute atomic E-state index is 0.224. The largest absolute Gasteiger partial charge is 0.378 e. The Labute approximate surface area is 122 Å². The third-order valence-electron chi connectivity index (χ3n) is 4.20. The van der Waals surface area contributed by atoms with Crippen LogP contribution in [0.1, 0.15) is 49.1 Å². The first-order valence-electron chi connectivity index (χ1n) is 7.40. The van der Waals surface area contributed by atoms with Crippen molar-refractivity contribution in [3.63, 3.8) is 0 Å². The van der Waals surface area contributed by atoms with Gasteiger partial charge < -0.3 is 5.32 Å². The lowest BCUT2D eigenvalue weighted by atomic mass is 9.86. The van der Waals surface area contributed by atoms with Crippen molar-refractivity contribution in [2.24, 2.45) is 0 Å². The molecule has 0 fully saturated rings. The van der Waals surface area contributed by atoms with Gasteiger partial charge in [-0.25, -0.2) is 0 Å². The van der Waals surface area contributed by atoms with E-state index in [1.54, 1.807) is 0 Å². The molecule has 104 valence electrons. The van der Waals surface area contributed by atoms with E-state index in [0.717, 1.165) is 6.42 Å². The number of rotatable bonds is 1. The van der Waals surface area contributed by atoms with Crippen molar-refractivity contribution >= 4 is 5.69 Å². The molecule has 0 radical (unpaired) electrons. The molecule has 1 atom stereocenters. The van der Waals surface area contributed by atoms with Gasteiger partial charge in [-0.1, -0.05) is 57.2 Å². The van der Waals surface area contributed by atoms with Gasteiger partial charge in [0.25, 0.3) is 0 Å². The predicted octanol–water partition coefficient (Wildman–Crippen LogP) is 5.00. The van der Waals surface area contributed by atoms with E-state index in [-0.39, 0.29) is 5.41 Å². The summed E-state index contributed by atoms with van der Waals surface area (Å²) in [4.78, 5) is 0. The number of aryl methyl sites for hydroxylation is 1. The van der Waals surface area contributed by atoms with Gasteiger partial charge in [0.1, 0.15) is 0 Å². The number of benzene rings is 2. The number of anilines is 1. The van der Waals surface area contributed by atoms with Crippen LogP contribution in [0.4, 0.5) is 5.69 Å². The Balaban J connectivity index is 1.83. The third kappa shape index (κ3) is 2.45. The van der Waals surface area contributed by atoms with Gasteiger partial charge in [0, 0.05) is 5.69 Å².